The maximum Gasteiger partial charge on any atom is 0.329 e. The van der Waals surface area contributed by atoms with Gasteiger partial charge in [-0.15, -0.1) is 0 Å². The number of nitrogens with two attached hydrogens (primary N) is 1. The maximum atomic E-state index is 11.0. The van der Waals surface area contributed by atoms with Crippen molar-refractivity contribution in [3.05, 3.63) is 40.6 Å². The number of rotatable bonds is 5. The highest BCUT2D eigenvalue weighted by Gasteiger charge is 2.18. The Labute approximate surface area is 113 Å². The van der Waals surface area contributed by atoms with Crippen molar-refractivity contribution in [1.82, 2.24) is 9.97 Å². The number of nitrogen functional groups attached to an aromatic ring is 1. The third-order valence-electron chi connectivity index (χ3n) is 2.46. The number of nitrogens with zero attached hydrogens (tertiary/aromatic N) is 3. The molecule has 0 aliphatic carbocycles. The summed E-state index contributed by atoms with van der Waals surface area (Å²) in [7, 11) is 1.50. The minimum Gasteiger partial charge on any atom is -0.495 e. The molecule has 0 aliphatic rings. The van der Waals surface area contributed by atoms with Crippen molar-refractivity contribution in [1.29, 1.82) is 0 Å². The zero-order chi connectivity index (χ0) is 14.5. The van der Waals surface area contributed by atoms with E-state index in [2.05, 4.69) is 20.7 Å². The second kappa shape index (κ2) is 5.80. The second-order valence-corrected chi connectivity index (χ2v) is 3.65. The Hall–Kier alpha value is -2.94. The molecule has 9 heteroatoms. The van der Waals surface area contributed by atoms with Crippen LogP contribution in [-0.4, -0.2) is 22.0 Å². The average molecular weight is 276 g/mol. The standard InChI is InChI=1S/C11H12N6O3/c1-20-9-5-3-2-4-7(9)14-10-8(17(18)19)6-13-11(15-10)16-12/h2-6H,12H2,1H3,(H2,13,14,15,16). The molecule has 0 spiro atoms. The van der Waals surface area contributed by atoms with Crippen molar-refractivity contribution in [3.8, 4) is 5.75 Å². The van der Waals surface area contributed by atoms with Gasteiger partial charge in [-0.2, -0.15) is 4.98 Å². The van der Waals surface area contributed by atoms with Crippen LogP contribution < -0.4 is 21.3 Å². The van der Waals surface area contributed by atoms with Gasteiger partial charge in [0.25, 0.3) is 0 Å². The molecule has 2 aromatic rings. The first-order valence-electron chi connectivity index (χ1n) is 5.53. The lowest BCUT2D eigenvalue weighted by molar-refractivity contribution is -0.384. The van der Waals surface area contributed by atoms with Gasteiger partial charge < -0.3 is 10.1 Å². The highest BCUT2D eigenvalue weighted by Crippen LogP contribution is 2.30. The Bertz CT molecular complexity index is 633. The summed E-state index contributed by atoms with van der Waals surface area (Å²) in [5.74, 6) is 5.81. The van der Waals surface area contributed by atoms with E-state index in [1.54, 1.807) is 24.3 Å². The Morgan fingerprint density at radius 3 is 2.80 bits per heavy atom. The van der Waals surface area contributed by atoms with Gasteiger partial charge in [0.15, 0.2) is 0 Å². The number of aromatic nitrogens is 2. The molecule has 9 nitrogen and oxygen atoms in total. The molecule has 0 atom stereocenters. The normalized spacial score (nSPS) is 9.90. The van der Waals surface area contributed by atoms with E-state index in [0.29, 0.717) is 11.4 Å². The summed E-state index contributed by atoms with van der Waals surface area (Å²) in [6, 6.07) is 6.98. The first-order chi connectivity index (χ1) is 9.65. The Morgan fingerprint density at radius 2 is 2.15 bits per heavy atom. The number of hydrazine groups is 1. The SMILES string of the molecule is COc1ccccc1Nc1nc(NN)ncc1[N+](=O)[O-]. The monoisotopic (exact) mass is 276 g/mol. The molecule has 1 heterocycles. The van der Waals surface area contributed by atoms with Crippen LogP contribution in [0.5, 0.6) is 5.75 Å². The predicted molar refractivity (Wildman–Crippen MR) is 72.8 cm³/mol. The van der Waals surface area contributed by atoms with Gasteiger partial charge in [-0.05, 0) is 12.1 Å². The van der Waals surface area contributed by atoms with E-state index in [1.807, 2.05) is 0 Å². The Morgan fingerprint density at radius 1 is 1.40 bits per heavy atom. The fraction of sp³-hybridized carbons (Fsp3) is 0.0909. The van der Waals surface area contributed by atoms with E-state index in [4.69, 9.17) is 10.6 Å². The molecule has 20 heavy (non-hydrogen) atoms. The molecule has 0 saturated carbocycles. The van der Waals surface area contributed by atoms with Crippen molar-refractivity contribution in [2.75, 3.05) is 17.9 Å². The zero-order valence-corrected chi connectivity index (χ0v) is 10.5. The van der Waals surface area contributed by atoms with E-state index in [0.717, 1.165) is 6.20 Å². The van der Waals surface area contributed by atoms with E-state index < -0.39 is 4.92 Å². The smallest absolute Gasteiger partial charge is 0.329 e. The number of hydrogen-bond acceptors (Lipinski definition) is 8. The highest BCUT2D eigenvalue weighted by molar-refractivity contribution is 5.70. The van der Waals surface area contributed by atoms with Crippen LogP contribution in [0, 0.1) is 10.1 Å². The fourth-order valence-electron chi connectivity index (χ4n) is 1.55. The first-order valence-corrected chi connectivity index (χ1v) is 5.53. The molecule has 0 bridgehead atoms. The minimum absolute atomic E-state index is 0.0162. The van der Waals surface area contributed by atoms with Crippen LogP contribution in [0.4, 0.5) is 23.1 Å². The van der Waals surface area contributed by atoms with E-state index in [9.17, 15) is 10.1 Å². The summed E-state index contributed by atoms with van der Waals surface area (Å²) < 4.78 is 5.16. The Balaban J connectivity index is 2.43. The summed E-state index contributed by atoms with van der Waals surface area (Å²) in [5, 5.41) is 13.8. The van der Waals surface area contributed by atoms with Gasteiger partial charge in [0.2, 0.25) is 11.8 Å². The molecule has 1 aromatic heterocycles. The van der Waals surface area contributed by atoms with Crippen molar-refractivity contribution in [2.45, 2.75) is 0 Å². The van der Waals surface area contributed by atoms with E-state index >= 15 is 0 Å². The number of nitrogens with one attached hydrogen (secondary N) is 2. The molecule has 0 fully saturated rings. The molecule has 0 saturated heterocycles. The molecule has 0 unspecified atom stereocenters. The molecule has 1 aromatic carbocycles. The molecule has 2 rings (SSSR count). The van der Waals surface area contributed by atoms with Crippen LogP contribution in [0.2, 0.25) is 0 Å². The lowest BCUT2D eigenvalue weighted by atomic mass is 10.3. The van der Waals surface area contributed by atoms with Crippen molar-refractivity contribution in [3.63, 3.8) is 0 Å². The molecule has 0 radical (unpaired) electrons. The summed E-state index contributed by atoms with van der Waals surface area (Å²) >= 11 is 0. The first kappa shape index (κ1) is 13.5. The minimum atomic E-state index is -0.585. The van der Waals surface area contributed by atoms with Gasteiger partial charge >= 0.3 is 5.69 Å². The van der Waals surface area contributed by atoms with Crippen LogP contribution >= 0.6 is 0 Å². The van der Waals surface area contributed by atoms with Gasteiger partial charge in [-0.1, -0.05) is 12.1 Å². The lowest BCUT2D eigenvalue weighted by Gasteiger charge is -2.10. The van der Waals surface area contributed by atoms with Crippen LogP contribution in [0.1, 0.15) is 0 Å². The van der Waals surface area contributed by atoms with E-state index in [1.165, 1.54) is 7.11 Å². The third kappa shape index (κ3) is 2.72. The second-order valence-electron chi connectivity index (χ2n) is 3.65. The van der Waals surface area contributed by atoms with Crippen molar-refractivity contribution in [2.24, 2.45) is 5.84 Å². The van der Waals surface area contributed by atoms with Crippen LogP contribution in [-0.2, 0) is 0 Å². The molecule has 0 amide bonds. The van der Waals surface area contributed by atoms with Crippen LogP contribution in [0.15, 0.2) is 30.5 Å². The molecule has 0 aliphatic heterocycles. The van der Waals surface area contributed by atoms with E-state index in [-0.39, 0.29) is 17.5 Å². The molecular weight excluding hydrogens is 264 g/mol. The molecule has 4 N–H and O–H groups in total. The number of ether oxygens (including phenoxy) is 1. The molecule has 104 valence electrons. The summed E-state index contributed by atoms with van der Waals surface area (Å²) in [4.78, 5) is 18.0. The predicted octanol–water partition coefficient (Wildman–Crippen LogP) is 1.42. The Kier molecular flexibility index (Phi) is 3.91. The number of para-hydroxylation sites is 2. The number of anilines is 3. The summed E-state index contributed by atoms with van der Waals surface area (Å²) in [6.07, 6.45) is 1.07. The van der Waals surface area contributed by atoms with Gasteiger partial charge in [-0.25, -0.2) is 10.8 Å². The average Bonchev–Trinajstić information content (AvgIpc) is 2.47. The third-order valence-corrected chi connectivity index (χ3v) is 2.46. The highest BCUT2D eigenvalue weighted by atomic mass is 16.6. The lowest BCUT2D eigenvalue weighted by Crippen LogP contribution is -2.12. The largest absolute Gasteiger partial charge is 0.495 e. The van der Waals surface area contributed by atoms with Gasteiger partial charge in [0, 0.05) is 0 Å². The fourth-order valence-corrected chi connectivity index (χ4v) is 1.55. The number of hydrogen-bond donors (Lipinski definition) is 3. The number of benzene rings is 1. The maximum absolute atomic E-state index is 11.0. The zero-order valence-electron chi connectivity index (χ0n) is 10.5. The summed E-state index contributed by atoms with van der Waals surface area (Å²) in [5.41, 5.74) is 2.50. The van der Waals surface area contributed by atoms with Gasteiger partial charge in [-0.3, -0.25) is 15.5 Å². The summed E-state index contributed by atoms with van der Waals surface area (Å²) in [6.45, 7) is 0. The van der Waals surface area contributed by atoms with Crippen molar-refractivity contribution < 1.29 is 9.66 Å². The molecular formula is C11H12N6O3. The van der Waals surface area contributed by atoms with Gasteiger partial charge in [0.05, 0.1) is 17.7 Å². The number of nitro groups is 1. The number of methoxy groups -OCH3 is 1. The van der Waals surface area contributed by atoms with Gasteiger partial charge in [0.1, 0.15) is 11.9 Å². The quantitative estimate of drug-likeness (QED) is 0.425. The van der Waals surface area contributed by atoms with Crippen LogP contribution in [0.3, 0.4) is 0 Å². The van der Waals surface area contributed by atoms with Crippen molar-refractivity contribution >= 4 is 23.1 Å². The topological polar surface area (TPSA) is 128 Å². The van der Waals surface area contributed by atoms with Crippen LogP contribution in [0.25, 0.3) is 0 Å².